The Bertz CT molecular complexity index is 931. The highest BCUT2D eigenvalue weighted by Gasteiger charge is 2.17. The Morgan fingerprint density at radius 1 is 1.08 bits per heavy atom. The molecule has 1 N–H and O–H groups in total. The zero-order valence-corrected chi connectivity index (χ0v) is 15.4. The van der Waals surface area contributed by atoms with Gasteiger partial charge in [0, 0.05) is 11.2 Å². The van der Waals surface area contributed by atoms with Crippen LogP contribution in [0.25, 0.3) is 10.1 Å². The number of ether oxygens (including phenoxy) is 2. The molecule has 0 bridgehead atoms. The maximum Gasteiger partial charge on any atom is 0.349 e. The Labute approximate surface area is 155 Å². The van der Waals surface area contributed by atoms with Gasteiger partial charge in [-0.1, -0.05) is 30.3 Å². The predicted molar refractivity (Wildman–Crippen MR) is 102 cm³/mol. The molecule has 2 aromatic carbocycles. The highest BCUT2D eigenvalue weighted by Crippen LogP contribution is 2.30. The average molecular weight is 369 g/mol. The van der Waals surface area contributed by atoms with Crippen LogP contribution in [0.1, 0.15) is 20.8 Å². The summed E-state index contributed by atoms with van der Waals surface area (Å²) in [7, 11) is 1.60. The van der Waals surface area contributed by atoms with Gasteiger partial charge in [-0.15, -0.1) is 11.3 Å². The summed E-state index contributed by atoms with van der Waals surface area (Å²) in [6.07, 6.45) is 0. The van der Waals surface area contributed by atoms with Crippen LogP contribution in [0, 0.1) is 6.92 Å². The number of thiophene rings is 1. The van der Waals surface area contributed by atoms with Crippen molar-refractivity contribution in [1.82, 2.24) is 5.32 Å². The quantitative estimate of drug-likeness (QED) is 0.673. The second kappa shape index (κ2) is 8.01. The lowest BCUT2D eigenvalue weighted by molar-refractivity contribution is -0.124. The van der Waals surface area contributed by atoms with Gasteiger partial charge in [-0.05, 0) is 41.6 Å². The number of hydrogen-bond acceptors (Lipinski definition) is 5. The largest absolute Gasteiger partial charge is 0.497 e. The van der Waals surface area contributed by atoms with Crippen molar-refractivity contribution < 1.29 is 19.1 Å². The summed E-state index contributed by atoms with van der Waals surface area (Å²) in [5.74, 6) is -0.0519. The van der Waals surface area contributed by atoms with Crippen LogP contribution in [0.2, 0.25) is 0 Å². The average Bonchev–Trinajstić information content (AvgIpc) is 3.02. The Morgan fingerprint density at radius 2 is 1.81 bits per heavy atom. The normalized spacial score (nSPS) is 10.5. The number of hydrogen-bond donors (Lipinski definition) is 1. The van der Waals surface area contributed by atoms with E-state index in [-0.39, 0.29) is 12.5 Å². The standard InChI is InChI=1S/C20H19NO4S/c1-13-16-5-3-4-6-17(16)26-19(13)20(23)25-12-18(22)21-11-14-7-9-15(24-2)10-8-14/h3-10H,11-12H2,1-2H3,(H,21,22). The number of rotatable bonds is 6. The van der Waals surface area contributed by atoms with Crippen molar-refractivity contribution in [3.63, 3.8) is 0 Å². The smallest absolute Gasteiger partial charge is 0.349 e. The second-order valence-electron chi connectivity index (χ2n) is 5.75. The van der Waals surface area contributed by atoms with Crippen molar-refractivity contribution in [2.24, 2.45) is 0 Å². The molecular weight excluding hydrogens is 350 g/mol. The Kier molecular flexibility index (Phi) is 5.53. The lowest BCUT2D eigenvalue weighted by atomic mass is 10.1. The van der Waals surface area contributed by atoms with Crippen LogP contribution in [0.4, 0.5) is 0 Å². The van der Waals surface area contributed by atoms with Crippen LogP contribution in [0.5, 0.6) is 5.75 Å². The van der Waals surface area contributed by atoms with Gasteiger partial charge in [-0.2, -0.15) is 0 Å². The first kappa shape index (κ1) is 17.9. The fraction of sp³-hybridized carbons (Fsp3) is 0.200. The summed E-state index contributed by atoms with van der Waals surface area (Å²) in [6.45, 7) is 1.95. The Morgan fingerprint density at radius 3 is 2.50 bits per heavy atom. The Balaban J connectivity index is 1.53. The van der Waals surface area contributed by atoms with Gasteiger partial charge in [0.05, 0.1) is 7.11 Å². The topological polar surface area (TPSA) is 64.6 Å². The summed E-state index contributed by atoms with van der Waals surface area (Å²) in [5, 5.41) is 3.77. The number of fused-ring (bicyclic) bond motifs is 1. The van der Waals surface area contributed by atoms with Crippen LogP contribution in [-0.2, 0) is 16.1 Å². The molecule has 0 aliphatic heterocycles. The van der Waals surface area contributed by atoms with E-state index in [2.05, 4.69) is 5.32 Å². The van der Waals surface area contributed by atoms with Crippen LogP contribution in [0.15, 0.2) is 48.5 Å². The minimum Gasteiger partial charge on any atom is -0.497 e. The maximum absolute atomic E-state index is 12.3. The van der Waals surface area contributed by atoms with E-state index in [1.807, 2.05) is 55.5 Å². The van der Waals surface area contributed by atoms with Crippen molar-refractivity contribution in [3.05, 3.63) is 64.5 Å². The summed E-state index contributed by atoms with van der Waals surface area (Å²) in [4.78, 5) is 24.7. The lowest BCUT2D eigenvalue weighted by Gasteiger charge is -2.07. The first-order chi connectivity index (χ1) is 12.6. The molecular formula is C20H19NO4S. The highest BCUT2D eigenvalue weighted by atomic mass is 32.1. The molecule has 1 aromatic heterocycles. The molecule has 5 nitrogen and oxygen atoms in total. The molecule has 0 fully saturated rings. The summed E-state index contributed by atoms with van der Waals surface area (Å²) in [5.41, 5.74) is 1.82. The summed E-state index contributed by atoms with van der Waals surface area (Å²) >= 11 is 1.38. The van der Waals surface area contributed by atoms with E-state index in [0.29, 0.717) is 11.4 Å². The third kappa shape index (κ3) is 4.03. The molecule has 0 aliphatic rings. The van der Waals surface area contributed by atoms with Crippen molar-refractivity contribution in [2.45, 2.75) is 13.5 Å². The van der Waals surface area contributed by atoms with Crippen LogP contribution < -0.4 is 10.1 Å². The first-order valence-corrected chi connectivity index (χ1v) is 8.95. The zero-order chi connectivity index (χ0) is 18.5. The number of esters is 1. The van der Waals surface area contributed by atoms with Crippen molar-refractivity contribution >= 4 is 33.3 Å². The third-order valence-electron chi connectivity index (χ3n) is 4.01. The predicted octanol–water partition coefficient (Wildman–Crippen LogP) is 3.69. The summed E-state index contributed by atoms with van der Waals surface area (Å²) < 4.78 is 11.3. The number of nitrogens with one attached hydrogen (secondary N) is 1. The maximum atomic E-state index is 12.3. The fourth-order valence-corrected chi connectivity index (χ4v) is 3.66. The molecule has 6 heteroatoms. The van der Waals surface area contributed by atoms with Gasteiger partial charge in [0.1, 0.15) is 10.6 Å². The minimum atomic E-state index is -0.469. The molecule has 3 aromatic rings. The molecule has 1 amide bonds. The van der Waals surface area contributed by atoms with Crippen LogP contribution >= 0.6 is 11.3 Å². The number of carbonyl (C=O) groups excluding carboxylic acids is 2. The molecule has 0 unspecified atom stereocenters. The number of benzene rings is 2. The molecule has 0 radical (unpaired) electrons. The lowest BCUT2D eigenvalue weighted by Crippen LogP contribution is -2.28. The highest BCUT2D eigenvalue weighted by molar-refractivity contribution is 7.21. The van der Waals surface area contributed by atoms with E-state index in [1.54, 1.807) is 7.11 Å². The number of carbonyl (C=O) groups is 2. The van der Waals surface area contributed by atoms with Gasteiger partial charge in [0.2, 0.25) is 0 Å². The minimum absolute atomic E-state index is 0.303. The molecule has 0 spiro atoms. The van der Waals surface area contributed by atoms with E-state index < -0.39 is 5.97 Å². The van der Waals surface area contributed by atoms with Crippen molar-refractivity contribution in [3.8, 4) is 5.75 Å². The van der Waals surface area contributed by atoms with Gasteiger partial charge in [-0.25, -0.2) is 4.79 Å². The van der Waals surface area contributed by atoms with Gasteiger partial charge in [0.15, 0.2) is 6.61 Å². The van der Waals surface area contributed by atoms with E-state index in [0.717, 1.165) is 27.0 Å². The fourth-order valence-electron chi connectivity index (χ4n) is 2.56. The third-order valence-corrected chi connectivity index (χ3v) is 5.27. The number of amides is 1. The van der Waals surface area contributed by atoms with E-state index >= 15 is 0 Å². The second-order valence-corrected chi connectivity index (χ2v) is 6.81. The van der Waals surface area contributed by atoms with E-state index in [9.17, 15) is 9.59 Å². The van der Waals surface area contributed by atoms with Crippen LogP contribution in [0.3, 0.4) is 0 Å². The molecule has 26 heavy (non-hydrogen) atoms. The number of aryl methyl sites for hydroxylation is 1. The van der Waals surface area contributed by atoms with E-state index in [1.165, 1.54) is 11.3 Å². The van der Waals surface area contributed by atoms with Gasteiger partial charge in [0.25, 0.3) is 5.91 Å². The van der Waals surface area contributed by atoms with Crippen molar-refractivity contribution in [2.75, 3.05) is 13.7 Å². The van der Waals surface area contributed by atoms with Gasteiger partial charge in [-0.3, -0.25) is 4.79 Å². The van der Waals surface area contributed by atoms with Gasteiger partial charge >= 0.3 is 5.97 Å². The molecule has 134 valence electrons. The summed E-state index contributed by atoms with van der Waals surface area (Å²) in [6, 6.07) is 15.2. The van der Waals surface area contributed by atoms with Gasteiger partial charge < -0.3 is 14.8 Å². The Hall–Kier alpha value is -2.86. The molecule has 0 saturated carbocycles. The monoisotopic (exact) mass is 369 g/mol. The van der Waals surface area contributed by atoms with Crippen molar-refractivity contribution in [1.29, 1.82) is 0 Å². The molecule has 0 atom stereocenters. The first-order valence-electron chi connectivity index (χ1n) is 8.13. The number of methoxy groups -OCH3 is 1. The van der Waals surface area contributed by atoms with Crippen LogP contribution in [-0.4, -0.2) is 25.6 Å². The molecule has 0 saturated heterocycles. The zero-order valence-electron chi connectivity index (χ0n) is 14.6. The molecule has 1 heterocycles. The molecule has 0 aliphatic carbocycles. The van der Waals surface area contributed by atoms with E-state index in [4.69, 9.17) is 9.47 Å². The SMILES string of the molecule is COc1ccc(CNC(=O)COC(=O)c2sc3ccccc3c2C)cc1. The molecule has 3 rings (SSSR count).